The van der Waals surface area contributed by atoms with Gasteiger partial charge >= 0.3 is 0 Å². The van der Waals surface area contributed by atoms with E-state index in [1.807, 2.05) is 42.0 Å². The minimum Gasteiger partial charge on any atom is -0.351 e. The van der Waals surface area contributed by atoms with Crippen molar-refractivity contribution in [2.75, 3.05) is 10.6 Å². The first-order valence-electron chi connectivity index (χ1n) is 10.5. The van der Waals surface area contributed by atoms with Crippen molar-refractivity contribution in [3.8, 4) is 11.4 Å². The zero-order valence-electron chi connectivity index (χ0n) is 17.4. The molecule has 4 aromatic rings. The van der Waals surface area contributed by atoms with Gasteiger partial charge in [0.25, 0.3) is 0 Å². The zero-order valence-corrected chi connectivity index (χ0v) is 17.4. The summed E-state index contributed by atoms with van der Waals surface area (Å²) in [5, 5.41) is 6.76. The van der Waals surface area contributed by atoms with Crippen LogP contribution < -0.4 is 16.4 Å². The van der Waals surface area contributed by atoms with Gasteiger partial charge in [0.1, 0.15) is 11.5 Å². The van der Waals surface area contributed by atoms with Crippen LogP contribution in [0.3, 0.4) is 0 Å². The van der Waals surface area contributed by atoms with E-state index in [1.54, 1.807) is 18.6 Å². The number of hydrogen-bond donors (Lipinski definition) is 3. The highest BCUT2D eigenvalue weighted by molar-refractivity contribution is 5.66. The van der Waals surface area contributed by atoms with Crippen molar-refractivity contribution >= 4 is 23.1 Å². The average Bonchev–Trinajstić information content (AvgIpc) is 3.20. The van der Waals surface area contributed by atoms with Crippen molar-refractivity contribution in [3.05, 3.63) is 54.9 Å². The fraction of sp³-hybridized carbons (Fsp3) is 0.318. The van der Waals surface area contributed by atoms with Crippen molar-refractivity contribution in [2.45, 2.75) is 44.7 Å². The fourth-order valence-corrected chi connectivity index (χ4v) is 3.96. The molecule has 1 aliphatic carbocycles. The molecule has 9 nitrogen and oxygen atoms in total. The summed E-state index contributed by atoms with van der Waals surface area (Å²) >= 11 is 0. The quantitative estimate of drug-likeness (QED) is 0.454. The van der Waals surface area contributed by atoms with Gasteiger partial charge in [0, 0.05) is 36.9 Å². The molecule has 0 amide bonds. The first-order valence-corrected chi connectivity index (χ1v) is 10.5. The van der Waals surface area contributed by atoms with Gasteiger partial charge in [-0.1, -0.05) is 0 Å². The minimum atomic E-state index is 0.315. The predicted octanol–water partition coefficient (Wildman–Crippen LogP) is 3.32. The molecule has 1 saturated carbocycles. The van der Waals surface area contributed by atoms with Crippen LogP contribution in [0.2, 0.25) is 0 Å². The molecule has 5 rings (SSSR count). The van der Waals surface area contributed by atoms with Gasteiger partial charge in [-0.25, -0.2) is 19.9 Å². The first kappa shape index (κ1) is 19.4. The highest BCUT2D eigenvalue weighted by atomic mass is 15.1. The molecule has 1 aliphatic rings. The van der Waals surface area contributed by atoms with E-state index in [9.17, 15) is 0 Å². The summed E-state index contributed by atoms with van der Waals surface area (Å²) in [4.78, 5) is 22.3. The van der Waals surface area contributed by atoms with Crippen LogP contribution in [-0.2, 0) is 0 Å². The SMILES string of the molecule is Cc1cnc(N[C@H]2CC[C@H](N)CC2)nc1-c1cnc2ccc(Nc3cnccn3)cn12. The van der Waals surface area contributed by atoms with Crippen LogP contribution in [-0.4, -0.2) is 41.4 Å². The average molecular weight is 416 g/mol. The number of nitrogens with zero attached hydrogens (tertiary/aromatic N) is 6. The molecular weight excluding hydrogens is 390 g/mol. The van der Waals surface area contributed by atoms with E-state index in [-0.39, 0.29) is 0 Å². The summed E-state index contributed by atoms with van der Waals surface area (Å²) in [6.07, 6.45) is 14.8. The second-order valence-electron chi connectivity index (χ2n) is 7.99. The number of aryl methyl sites for hydroxylation is 1. The lowest BCUT2D eigenvalue weighted by Gasteiger charge is -2.26. The maximum absolute atomic E-state index is 6.03. The Hall–Kier alpha value is -3.59. The minimum absolute atomic E-state index is 0.315. The number of hydrogen-bond acceptors (Lipinski definition) is 8. The number of imidazole rings is 1. The molecule has 0 bridgehead atoms. The van der Waals surface area contributed by atoms with Gasteiger partial charge in [-0.05, 0) is 50.3 Å². The molecule has 0 radical (unpaired) electrons. The number of fused-ring (bicyclic) bond motifs is 1. The topological polar surface area (TPSA) is 119 Å². The highest BCUT2D eigenvalue weighted by Gasteiger charge is 2.20. The molecule has 0 saturated heterocycles. The Morgan fingerprint density at radius 1 is 1.00 bits per heavy atom. The molecule has 1 fully saturated rings. The van der Waals surface area contributed by atoms with Gasteiger partial charge in [0.15, 0.2) is 0 Å². The Morgan fingerprint density at radius 2 is 1.87 bits per heavy atom. The molecule has 0 spiro atoms. The Kier molecular flexibility index (Phi) is 5.17. The summed E-state index contributed by atoms with van der Waals surface area (Å²) in [5.74, 6) is 1.32. The number of aromatic nitrogens is 6. The molecule has 0 aliphatic heterocycles. The normalized spacial score (nSPS) is 18.8. The van der Waals surface area contributed by atoms with Crippen molar-refractivity contribution in [1.29, 1.82) is 0 Å². The first-order chi connectivity index (χ1) is 15.2. The van der Waals surface area contributed by atoms with Crippen molar-refractivity contribution in [1.82, 2.24) is 29.3 Å². The van der Waals surface area contributed by atoms with Gasteiger partial charge < -0.3 is 16.4 Å². The fourth-order valence-electron chi connectivity index (χ4n) is 3.96. The number of nitrogens with two attached hydrogens (primary N) is 1. The lowest BCUT2D eigenvalue weighted by atomic mass is 9.92. The third-order valence-electron chi connectivity index (χ3n) is 5.66. The second kappa shape index (κ2) is 8.27. The van der Waals surface area contributed by atoms with Crippen LogP contribution in [0.15, 0.2) is 49.3 Å². The van der Waals surface area contributed by atoms with Crippen LogP contribution in [0.1, 0.15) is 31.2 Å². The Balaban J connectivity index is 1.45. The molecule has 0 atom stereocenters. The molecular formula is C22H25N9. The summed E-state index contributed by atoms with van der Waals surface area (Å²) in [5.41, 5.74) is 10.5. The van der Waals surface area contributed by atoms with Crippen molar-refractivity contribution in [3.63, 3.8) is 0 Å². The van der Waals surface area contributed by atoms with Crippen molar-refractivity contribution in [2.24, 2.45) is 5.73 Å². The van der Waals surface area contributed by atoms with Crippen LogP contribution in [0.25, 0.3) is 17.0 Å². The van der Waals surface area contributed by atoms with E-state index < -0.39 is 0 Å². The van der Waals surface area contributed by atoms with E-state index in [4.69, 9.17) is 10.7 Å². The van der Waals surface area contributed by atoms with Crippen LogP contribution in [0, 0.1) is 6.92 Å². The highest BCUT2D eigenvalue weighted by Crippen LogP contribution is 2.26. The van der Waals surface area contributed by atoms with E-state index >= 15 is 0 Å². The summed E-state index contributed by atoms with van der Waals surface area (Å²) < 4.78 is 2.03. The second-order valence-corrected chi connectivity index (χ2v) is 7.99. The maximum atomic E-state index is 6.03. The van der Waals surface area contributed by atoms with Gasteiger partial charge in [-0.15, -0.1) is 0 Å². The van der Waals surface area contributed by atoms with E-state index in [1.165, 1.54) is 0 Å². The lowest BCUT2D eigenvalue weighted by Crippen LogP contribution is -2.33. The van der Waals surface area contributed by atoms with Crippen LogP contribution in [0.4, 0.5) is 17.5 Å². The number of nitrogens with one attached hydrogen (secondary N) is 2. The van der Waals surface area contributed by atoms with Crippen LogP contribution in [0.5, 0.6) is 0 Å². The van der Waals surface area contributed by atoms with Gasteiger partial charge in [-0.3, -0.25) is 9.38 Å². The standard InChI is InChI=1S/C22H25N9/c1-14-10-27-22(29-16-4-2-15(23)3-5-16)30-21(14)18-11-26-20-7-6-17(13-31(18)20)28-19-12-24-8-9-25-19/h6-13,15-16H,2-5,23H2,1H3,(H,25,28)(H,27,29,30)/t15-,16-. The van der Waals surface area contributed by atoms with Crippen molar-refractivity contribution < 1.29 is 0 Å². The number of pyridine rings is 1. The molecule has 31 heavy (non-hydrogen) atoms. The Morgan fingerprint density at radius 3 is 2.68 bits per heavy atom. The third kappa shape index (κ3) is 4.17. The monoisotopic (exact) mass is 415 g/mol. The molecule has 4 heterocycles. The molecule has 4 aromatic heterocycles. The number of anilines is 3. The summed E-state index contributed by atoms with van der Waals surface area (Å²) in [6, 6.07) is 4.60. The summed E-state index contributed by atoms with van der Waals surface area (Å²) in [6.45, 7) is 2.01. The zero-order chi connectivity index (χ0) is 21.2. The lowest BCUT2D eigenvalue weighted by molar-refractivity contribution is 0.410. The van der Waals surface area contributed by atoms with Crippen LogP contribution >= 0.6 is 0 Å². The molecule has 0 aromatic carbocycles. The molecule has 4 N–H and O–H groups in total. The smallest absolute Gasteiger partial charge is 0.223 e. The molecule has 0 unspecified atom stereocenters. The Labute approximate surface area is 180 Å². The van der Waals surface area contributed by atoms with E-state index in [0.717, 1.165) is 54.0 Å². The largest absolute Gasteiger partial charge is 0.351 e. The van der Waals surface area contributed by atoms with Gasteiger partial charge in [0.05, 0.1) is 29.5 Å². The van der Waals surface area contributed by atoms with E-state index in [0.29, 0.717) is 23.8 Å². The third-order valence-corrected chi connectivity index (χ3v) is 5.66. The maximum Gasteiger partial charge on any atom is 0.223 e. The summed E-state index contributed by atoms with van der Waals surface area (Å²) in [7, 11) is 0. The molecule has 158 valence electrons. The molecule has 9 heteroatoms. The van der Waals surface area contributed by atoms with Gasteiger partial charge in [0.2, 0.25) is 5.95 Å². The number of rotatable bonds is 5. The van der Waals surface area contributed by atoms with E-state index in [2.05, 4.69) is 30.6 Å². The predicted molar refractivity (Wildman–Crippen MR) is 120 cm³/mol. The Bertz CT molecular complexity index is 1180. The van der Waals surface area contributed by atoms with Gasteiger partial charge in [-0.2, -0.15) is 0 Å².